The second-order valence-electron chi connectivity index (χ2n) is 3.43. The van der Waals surface area contributed by atoms with Crippen LogP contribution in [-0.4, -0.2) is 21.0 Å². The van der Waals surface area contributed by atoms with Crippen molar-refractivity contribution < 1.29 is 14.3 Å². The van der Waals surface area contributed by atoms with Crippen molar-refractivity contribution in [2.75, 3.05) is 0 Å². The van der Waals surface area contributed by atoms with Crippen LogP contribution in [0.2, 0.25) is 0 Å². The quantitative estimate of drug-likeness (QED) is 0.847. The SMILES string of the molecule is Cc1cc(-c2ncc(CC(=O)O)cn2)co1. The summed E-state index contributed by atoms with van der Waals surface area (Å²) in [7, 11) is 0. The van der Waals surface area contributed by atoms with E-state index >= 15 is 0 Å². The van der Waals surface area contributed by atoms with Crippen molar-refractivity contribution >= 4 is 5.97 Å². The lowest BCUT2D eigenvalue weighted by atomic mass is 10.2. The molecule has 82 valence electrons. The summed E-state index contributed by atoms with van der Waals surface area (Å²) in [5.74, 6) is 0.426. The van der Waals surface area contributed by atoms with Crippen LogP contribution in [0.25, 0.3) is 11.4 Å². The maximum Gasteiger partial charge on any atom is 0.307 e. The van der Waals surface area contributed by atoms with Crippen LogP contribution in [0.5, 0.6) is 0 Å². The first-order chi connectivity index (χ1) is 7.65. The second-order valence-corrected chi connectivity index (χ2v) is 3.43. The fourth-order valence-corrected chi connectivity index (χ4v) is 1.33. The van der Waals surface area contributed by atoms with Crippen molar-refractivity contribution in [3.8, 4) is 11.4 Å². The maximum atomic E-state index is 10.5. The highest BCUT2D eigenvalue weighted by Gasteiger charge is 2.06. The third-order valence-electron chi connectivity index (χ3n) is 2.05. The Hall–Kier alpha value is -2.17. The maximum absolute atomic E-state index is 10.5. The standard InChI is InChI=1S/C11H10N2O3/c1-7-2-9(6-16-7)11-12-4-8(5-13-11)3-10(14)15/h2,4-6H,3H2,1H3,(H,14,15). The molecule has 2 rings (SSSR count). The number of hydrogen-bond acceptors (Lipinski definition) is 4. The molecule has 5 heteroatoms. The average molecular weight is 218 g/mol. The molecule has 2 heterocycles. The van der Waals surface area contributed by atoms with Gasteiger partial charge in [0.25, 0.3) is 0 Å². The Balaban J connectivity index is 2.22. The largest absolute Gasteiger partial charge is 0.481 e. The number of rotatable bonds is 3. The van der Waals surface area contributed by atoms with Crippen LogP contribution in [0, 0.1) is 6.92 Å². The van der Waals surface area contributed by atoms with E-state index in [1.54, 1.807) is 6.26 Å². The molecule has 0 aliphatic carbocycles. The minimum atomic E-state index is -0.893. The van der Waals surface area contributed by atoms with Crippen LogP contribution in [-0.2, 0) is 11.2 Å². The summed E-state index contributed by atoms with van der Waals surface area (Å²) in [5.41, 5.74) is 1.37. The first-order valence-corrected chi connectivity index (χ1v) is 4.73. The highest BCUT2D eigenvalue weighted by molar-refractivity contribution is 5.70. The first kappa shape index (κ1) is 10.4. The van der Waals surface area contributed by atoms with Crippen molar-refractivity contribution in [2.24, 2.45) is 0 Å². The van der Waals surface area contributed by atoms with Gasteiger partial charge in [-0.3, -0.25) is 4.79 Å². The third-order valence-corrected chi connectivity index (χ3v) is 2.05. The fraction of sp³-hybridized carbons (Fsp3) is 0.182. The Morgan fingerprint density at radius 3 is 2.62 bits per heavy atom. The predicted octanol–water partition coefficient (Wildman–Crippen LogP) is 1.67. The zero-order valence-electron chi connectivity index (χ0n) is 8.67. The van der Waals surface area contributed by atoms with Gasteiger partial charge in [0, 0.05) is 12.4 Å². The molecule has 0 saturated heterocycles. The Labute approximate surface area is 91.8 Å². The van der Waals surface area contributed by atoms with E-state index < -0.39 is 5.97 Å². The molecule has 16 heavy (non-hydrogen) atoms. The Morgan fingerprint density at radius 1 is 1.44 bits per heavy atom. The number of carboxylic acids is 1. The summed E-state index contributed by atoms with van der Waals surface area (Å²) >= 11 is 0. The van der Waals surface area contributed by atoms with Crippen molar-refractivity contribution in [2.45, 2.75) is 13.3 Å². The predicted molar refractivity (Wildman–Crippen MR) is 55.8 cm³/mol. The van der Waals surface area contributed by atoms with Crippen molar-refractivity contribution in [1.82, 2.24) is 9.97 Å². The minimum Gasteiger partial charge on any atom is -0.481 e. The van der Waals surface area contributed by atoms with Gasteiger partial charge in [-0.1, -0.05) is 0 Å². The van der Waals surface area contributed by atoms with E-state index in [1.807, 2.05) is 13.0 Å². The molecule has 2 aromatic rings. The summed E-state index contributed by atoms with van der Waals surface area (Å²) in [6.45, 7) is 1.84. The lowest BCUT2D eigenvalue weighted by Gasteiger charge is -1.97. The van der Waals surface area contributed by atoms with E-state index in [0.29, 0.717) is 11.4 Å². The molecule has 0 saturated carbocycles. The molecule has 0 amide bonds. The monoisotopic (exact) mass is 218 g/mol. The topological polar surface area (TPSA) is 76.2 Å². The molecule has 0 bridgehead atoms. The fourth-order valence-electron chi connectivity index (χ4n) is 1.33. The van der Waals surface area contributed by atoms with E-state index in [2.05, 4.69) is 9.97 Å². The number of carbonyl (C=O) groups is 1. The van der Waals surface area contributed by atoms with Crippen LogP contribution >= 0.6 is 0 Å². The summed E-state index contributed by atoms with van der Waals surface area (Å²) < 4.78 is 5.14. The number of aromatic nitrogens is 2. The lowest BCUT2D eigenvalue weighted by molar-refractivity contribution is -0.136. The molecular formula is C11H10N2O3. The van der Waals surface area contributed by atoms with E-state index in [-0.39, 0.29) is 6.42 Å². The first-order valence-electron chi connectivity index (χ1n) is 4.73. The molecule has 0 aliphatic rings. The molecule has 0 aliphatic heterocycles. The van der Waals surface area contributed by atoms with E-state index in [9.17, 15) is 4.79 Å². The molecule has 0 unspecified atom stereocenters. The van der Waals surface area contributed by atoms with Gasteiger partial charge in [-0.15, -0.1) is 0 Å². The Bertz CT molecular complexity index is 502. The molecule has 5 nitrogen and oxygen atoms in total. The number of carboxylic acid groups (broad SMARTS) is 1. The van der Waals surface area contributed by atoms with E-state index in [1.165, 1.54) is 12.4 Å². The Morgan fingerprint density at radius 2 is 2.12 bits per heavy atom. The van der Waals surface area contributed by atoms with Gasteiger partial charge in [-0.2, -0.15) is 0 Å². The van der Waals surface area contributed by atoms with Crippen molar-refractivity contribution in [3.05, 3.63) is 36.0 Å². The van der Waals surface area contributed by atoms with Crippen molar-refractivity contribution in [3.63, 3.8) is 0 Å². The minimum absolute atomic E-state index is 0.0648. The summed E-state index contributed by atoms with van der Waals surface area (Å²) in [4.78, 5) is 18.6. The van der Waals surface area contributed by atoms with Crippen LogP contribution in [0.4, 0.5) is 0 Å². The molecule has 0 spiro atoms. The summed E-state index contributed by atoms with van der Waals surface area (Å²) in [6, 6.07) is 1.83. The smallest absolute Gasteiger partial charge is 0.307 e. The summed E-state index contributed by atoms with van der Waals surface area (Å²) in [5, 5.41) is 8.59. The number of aryl methyl sites for hydroxylation is 1. The van der Waals surface area contributed by atoms with Gasteiger partial charge in [0.1, 0.15) is 12.0 Å². The number of nitrogens with zero attached hydrogens (tertiary/aromatic N) is 2. The molecule has 0 fully saturated rings. The zero-order chi connectivity index (χ0) is 11.5. The highest BCUT2D eigenvalue weighted by Crippen LogP contribution is 2.17. The Kier molecular flexibility index (Phi) is 2.68. The van der Waals surface area contributed by atoms with Crippen LogP contribution in [0.15, 0.2) is 29.1 Å². The van der Waals surface area contributed by atoms with Gasteiger partial charge in [0.15, 0.2) is 5.82 Å². The van der Waals surface area contributed by atoms with E-state index in [0.717, 1.165) is 11.3 Å². The molecule has 2 aromatic heterocycles. The number of hydrogen-bond donors (Lipinski definition) is 1. The highest BCUT2D eigenvalue weighted by atomic mass is 16.4. The average Bonchev–Trinajstić information content (AvgIpc) is 2.65. The van der Waals surface area contributed by atoms with Gasteiger partial charge in [0.05, 0.1) is 12.0 Å². The summed E-state index contributed by atoms with van der Waals surface area (Å²) in [6.07, 6.45) is 4.53. The van der Waals surface area contributed by atoms with Gasteiger partial charge in [-0.05, 0) is 18.6 Å². The van der Waals surface area contributed by atoms with Crippen LogP contribution < -0.4 is 0 Å². The van der Waals surface area contributed by atoms with Gasteiger partial charge in [-0.25, -0.2) is 9.97 Å². The third kappa shape index (κ3) is 2.25. The number of furan rings is 1. The second kappa shape index (κ2) is 4.14. The zero-order valence-corrected chi connectivity index (χ0v) is 8.67. The molecule has 1 N–H and O–H groups in total. The lowest BCUT2D eigenvalue weighted by Crippen LogP contribution is -2.01. The van der Waals surface area contributed by atoms with Crippen molar-refractivity contribution in [1.29, 1.82) is 0 Å². The van der Waals surface area contributed by atoms with E-state index in [4.69, 9.17) is 9.52 Å². The van der Waals surface area contributed by atoms with Gasteiger partial charge in [0.2, 0.25) is 0 Å². The molecule has 0 radical (unpaired) electrons. The van der Waals surface area contributed by atoms with Crippen LogP contribution in [0.3, 0.4) is 0 Å². The normalized spacial score (nSPS) is 10.3. The van der Waals surface area contributed by atoms with Gasteiger partial charge < -0.3 is 9.52 Å². The van der Waals surface area contributed by atoms with Crippen LogP contribution in [0.1, 0.15) is 11.3 Å². The molecule has 0 atom stereocenters. The molecule has 0 aromatic carbocycles. The molecular weight excluding hydrogens is 208 g/mol. The van der Waals surface area contributed by atoms with Gasteiger partial charge >= 0.3 is 5.97 Å². The number of aliphatic carboxylic acids is 1.